The Morgan fingerprint density at radius 3 is 2.45 bits per heavy atom. The second kappa shape index (κ2) is 6.98. The summed E-state index contributed by atoms with van der Waals surface area (Å²) in [5.74, 6) is 2.92. The van der Waals surface area contributed by atoms with Gasteiger partial charge in [-0.3, -0.25) is 0 Å². The van der Waals surface area contributed by atoms with Crippen LogP contribution < -0.4 is 14.8 Å². The topological polar surface area (TPSA) is 30.5 Å². The van der Waals surface area contributed by atoms with Gasteiger partial charge in [-0.05, 0) is 29.5 Å². The normalized spacial score (nSPS) is 17.1. The Labute approximate surface area is 122 Å². The third-order valence-corrected chi connectivity index (χ3v) is 4.07. The Kier molecular flexibility index (Phi) is 5.30. The lowest BCUT2D eigenvalue weighted by Crippen LogP contribution is -2.30. The highest BCUT2D eigenvalue weighted by Crippen LogP contribution is 2.35. The van der Waals surface area contributed by atoms with Crippen molar-refractivity contribution in [3.63, 3.8) is 0 Å². The molecule has 0 spiro atoms. The maximum absolute atomic E-state index is 5.71. The van der Waals surface area contributed by atoms with Gasteiger partial charge in [-0.1, -0.05) is 40.2 Å². The van der Waals surface area contributed by atoms with Crippen molar-refractivity contribution in [2.45, 2.75) is 46.1 Å². The Balaban J connectivity index is 2.19. The van der Waals surface area contributed by atoms with Crippen molar-refractivity contribution >= 4 is 0 Å². The molecule has 20 heavy (non-hydrogen) atoms. The standard InChI is InChI=1S/C17H27NO2/c1-5-13(4)15(11-18-12(2)3)14-6-7-16-17(10-14)20-9-8-19-16/h6-7,10,12-13,15,18H,5,8-9,11H2,1-4H3. The van der Waals surface area contributed by atoms with E-state index in [0.717, 1.165) is 18.0 Å². The van der Waals surface area contributed by atoms with E-state index in [1.807, 2.05) is 0 Å². The summed E-state index contributed by atoms with van der Waals surface area (Å²) in [5.41, 5.74) is 1.34. The van der Waals surface area contributed by atoms with E-state index in [1.165, 1.54) is 12.0 Å². The third-order valence-electron chi connectivity index (χ3n) is 4.07. The van der Waals surface area contributed by atoms with Crippen molar-refractivity contribution in [1.29, 1.82) is 0 Å². The lowest BCUT2D eigenvalue weighted by molar-refractivity contribution is 0.171. The largest absolute Gasteiger partial charge is 0.486 e. The highest BCUT2D eigenvalue weighted by molar-refractivity contribution is 5.45. The molecular weight excluding hydrogens is 250 g/mol. The van der Waals surface area contributed by atoms with Gasteiger partial charge in [-0.25, -0.2) is 0 Å². The number of ether oxygens (including phenoxy) is 2. The monoisotopic (exact) mass is 277 g/mol. The van der Waals surface area contributed by atoms with Crippen LogP contribution in [0, 0.1) is 5.92 Å². The predicted octanol–water partition coefficient (Wildman–Crippen LogP) is 3.59. The van der Waals surface area contributed by atoms with Gasteiger partial charge in [0, 0.05) is 12.6 Å². The summed E-state index contributed by atoms with van der Waals surface area (Å²) in [7, 11) is 0. The summed E-state index contributed by atoms with van der Waals surface area (Å²) in [6.45, 7) is 11.3. The summed E-state index contributed by atoms with van der Waals surface area (Å²) in [4.78, 5) is 0. The molecule has 1 N–H and O–H groups in total. The zero-order valence-corrected chi connectivity index (χ0v) is 13.1. The molecule has 0 aromatic heterocycles. The summed E-state index contributed by atoms with van der Waals surface area (Å²) < 4.78 is 11.3. The summed E-state index contributed by atoms with van der Waals surface area (Å²) in [5, 5.41) is 3.57. The SMILES string of the molecule is CCC(C)C(CNC(C)C)c1ccc2c(c1)OCCO2. The molecule has 1 aromatic carbocycles. The van der Waals surface area contributed by atoms with Crippen molar-refractivity contribution in [2.75, 3.05) is 19.8 Å². The smallest absolute Gasteiger partial charge is 0.161 e. The second-order valence-electron chi connectivity index (χ2n) is 5.96. The van der Waals surface area contributed by atoms with Gasteiger partial charge in [0.2, 0.25) is 0 Å². The van der Waals surface area contributed by atoms with Gasteiger partial charge in [0.1, 0.15) is 13.2 Å². The fourth-order valence-corrected chi connectivity index (χ4v) is 2.59. The van der Waals surface area contributed by atoms with E-state index in [9.17, 15) is 0 Å². The van der Waals surface area contributed by atoms with Gasteiger partial charge >= 0.3 is 0 Å². The zero-order valence-electron chi connectivity index (χ0n) is 13.1. The van der Waals surface area contributed by atoms with Crippen LogP contribution in [-0.2, 0) is 0 Å². The Morgan fingerprint density at radius 1 is 1.10 bits per heavy atom. The van der Waals surface area contributed by atoms with Gasteiger partial charge in [0.25, 0.3) is 0 Å². The fraction of sp³-hybridized carbons (Fsp3) is 0.647. The molecule has 0 saturated carbocycles. The summed E-state index contributed by atoms with van der Waals surface area (Å²) in [6, 6.07) is 6.91. The molecule has 3 heteroatoms. The van der Waals surface area contributed by atoms with Crippen molar-refractivity contribution < 1.29 is 9.47 Å². The molecule has 3 nitrogen and oxygen atoms in total. The Bertz CT molecular complexity index is 431. The van der Waals surface area contributed by atoms with Gasteiger partial charge < -0.3 is 14.8 Å². The minimum atomic E-state index is 0.512. The third kappa shape index (κ3) is 3.66. The molecule has 0 aliphatic carbocycles. The van der Waals surface area contributed by atoms with Crippen LogP contribution in [0.1, 0.15) is 45.6 Å². The van der Waals surface area contributed by atoms with Crippen molar-refractivity contribution in [2.24, 2.45) is 5.92 Å². The molecule has 1 aromatic rings. The summed E-state index contributed by atoms with van der Waals surface area (Å²) >= 11 is 0. The second-order valence-corrected chi connectivity index (χ2v) is 5.96. The van der Waals surface area contributed by atoms with Crippen molar-refractivity contribution in [1.82, 2.24) is 5.32 Å². The van der Waals surface area contributed by atoms with Crippen LogP contribution in [0.2, 0.25) is 0 Å². The van der Waals surface area contributed by atoms with E-state index in [2.05, 4.69) is 51.2 Å². The van der Waals surface area contributed by atoms with Gasteiger partial charge in [-0.2, -0.15) is 0 Å². The molecule has 2 unspecified atom stereocenters. The predicted molar refractivity (Wildman–Crippen MR) is 82.8 cm³/mol. The molecule has 112 valence electrons. The molecule has 0 bridgehead atoms. The minimum Gasteiger partial charge on any atom is -0.486 e. The molecule has 1 aliphatic heterocycles. The van der Waals surface area contributed by atoms with Crippen LogP contribution in [0.25, 0.3) is 0 Å². The van der Waals surface area contributed by atoms with Crippen molar-refractivity contribution in [3.05, 3.63) is 23.8 Å². The maximum atomic E-state index is 5.71. The van der Waals surface area contributed by atoms with E-state index in [4.69, 9.17) is 9.47 Å². The van der Waals surface area contributed by atoms with Crippen LogP contribution in [0.3, 0.4) is 0 Å². The van der Waals surface area contributed by atoms with Gasteiger partial charge in [-0.15, -0.1) is 0 Å². The van der Waals surface area contributed by atoms with Crippen LogP contribution in [0.5, 0.6) is 11.5 Å². The van der Waals surface area contributed by atoms with E-state index in [-0.39, 0.29) is 0 Å². The lowest BCUT2D eigenvalue weighted by Gasteiger charge is -2.27. The number of rotatable bonds is 6. The van der Waals surface area contributed by atoms with E-state index < -0.39 is 0 Å². The number of nitrogens with one attached hydrogen (secondary N) is 1. The maximum Gasteiger partial charge on any atom is 0.161 e. The fourth-order valence-electron chi connectivity index (χ4n) is 2.59. The zero-order chi connectivity index (χ0) is 14.5. The highest BCUT2D eigenvalue weighted by atomic mass is 16.6. The van der Waals surface area contributed by atoms with Crippen molar-refractivity contribution in [3.8, 4) is 11.5 Å². The molecule has 0 saturated heterocycles. The Morgan fingerprint density at radius 2 is 1.80 bits per heavy atom. The average Bonchev–Trinajstić information content (AvgIpc) is 2.46. The van der Waals surface area contributed by atoms with E-state index in [1.54, 1.807) is 0 Å². The average molecular weight is 277 g/mol. The molecule has 1 heterocycles. The highest BCUT2D eigenvalue weighted by Gasteiger charge is 2.21. The number of fused-ring (bicyclic) bond motifs is 1. The molecule has 2 rings (SSSR count). The van der Waals surface area contributed by atoms with Gasteiger partial charge in [0.15, 0.2) is 11.5 Å². The molecule has 0 amide bonds. The molecule has 0 radical (unpaired) electrons. The Hall–Kier alpha value is -1.22. The molecule has 0 fully saturated rings. The quantitative estimate of drug-likeness (QED) is 0.862. The van der Waals surface area contributed by atoms with E-state index in [0.29, 0.717) is 31.1 Å². The van der Waals surface area contributed by atoms with Crippen LogP contribution in [0.15, 0.2) is 18.2 Å². The van der Waals surface area contributed by atoms with Crippen LogP contribution in [-0.4, -0.2) is 25.8 Å². The lowest BCUT2D eigenvalue weighted by atomic mass is 9.85. The first-order valence-electron chi connectivity index (χ1n) is 7.74. The first-order valence-corrected chi connectivity index (χ1v) is 7.74. The number of benzene rings is 1. The summed E-state index contributed by atoms with van der Waals surface area (Å²) in [6.07, 6.45) is 1.18. The number of hydrogen-bond donors (Lipinski definition) is 1. The first kappa shape index (κ1) is 15.2. The van der Waals surface area contributed by atoms with Crippen LogP contribution >= 0.6 is 0 Å². The minimum absolute atomic E-state index is 0.512. The molecule has 2 atom stereocenters. The molecule has 1 aliphatic rings. The number of hydrogen-bond acceptors (Lipinski definition) is 3. The van der Waals surface area contributed by atoms with Crippen LogP contribution in [0.4, 0.5) is 0 Å². The first-order chi connectivity index (χ1) is 9.61. The van der Waals surface area contributed by atoms with E-state index >= 15 is 0 Å². The molecular formula is C17H27NO2. The van der Waals surface area contributed by atoms with Gasteiger partial charge in [0.05, 0.1) is 0 Å².